The summed E-state index contributed by atoms with van der Waals surface area (Å²) in [5.41, 5.74) is 9.22. The molecule has 1 radical (unpaired) electrons. The van der Waals surface area contributed by atoms with Gasteiger partial charge in [-0.3, -0.25) is 4.98 Å². The van der Waals surface area contributed by atoms with E-state index in [2.05, 4.69) is 109 Å². The van der Waals surface area contributed by atoms with E-state index < -0.39 is 0 Å². The minimum absolute atomic E-state index is 0. The Hall–Kier alpha value is -3.46. The number of benzene rings is 3. The molecule has 0 bridgehead atoms. The Kier molecular flexibility index (Phi) is 5.51. The Morgan fingerprint density at radius 2 is 1.62 bits per heavy atom. The van der Waals surface area contributed by atoms with Crippen molar-refractivity contribution in [3.63, 3.8) is 0 Å². The number of hydrogen-bond donors (Lipinski definition) is 0. The Bertz CT molecular complexity index is 1680. The molecule has 0 unspecified atom stereocenters. The summed E-state index contributed by atoms with van der Waals surface area (Å²) in [7, 11) is 0. The van der Waals surface area contributed by atoms with Gasteiger partial charge in [-0.1, -0.05) is 48.4 Å². The molecule has 4 heteroatoms. The van der Waals surface area contributed by atoms with Crippen molar-refractivity contribution >= 4 is 33.4 Å². The van der Waals surface area contributed by atoms with Crippen molar-refractivity contribution in [1.82, 2.24) is 14.0 Å². The number of rotatable bonds is 3. The van der Waals surface area contributed by atoms with Crippen LogP contribution in [-0.2, 0) is 20.1 Å². The predicted molar refractivity (Wildman–Crippen MR) is 138 cm³/mol. The SMILES string of the molecule is C=Cc1ccc(-c2cc(C)c3c(c2)c2ccc[c-]c2c2nc(-n4c(C)ccc4C)cn23)cc1.[Ir]. The van der Waals surface area contributed by atoms with Crippen LogP contribution in [0.25, 0.3) is 50.3 Å². The van der Waals surface area contributed by atoms with Gasteiger partial charge in [0.25, 0.3) is 0 Å². The molecule has 0 amide bonds. The van der Waals surface area contributed by atoms with Gasteiger partial charge in [0.05, 0.1) is 5.65 Å². The first-order valence-electron chi connectivity index (χ1n) is 11.2. The van der Waals surface area contributed by atoms with Crippen LogP contribution < -0.4 is 0 Å². The molecule has 0 fully saturated rings. The summed E-state index contributed by atoms with van der Waals surface area (Å²) >= 11 is 0. The van der Waals surface area contributed by atoms with Crippen LogP contribution in [0, 0.1) is 26.8 Å². The zero-order valence-corrected chi connectivity index (χ0v) is 21.8. The Balaban J connectivity index is 0.00000241. The van der Waals surface area contributed by atoms with Crippen molar-refractivity contribution in [2.24, 2.45) is 0 Å². The number of hydrogen-bond acceptors (Lipinski definition) is 1. The average Bonchev–Trinajstić information content (AvgIpc) is 3.41. The summed E-state index contributed by atoms with van der Waals surface area (Å²) in [4.78, 5) is 5.08. The van der Waals surface area contributed by atoms with E-state index in [1.165, 1.54) is 44.4 Å². The third-order valence-corrected chi connectivity index (χ3v) is 6.58. The summed E-state index contributed by atoms with van der Waals surface area (Å²) in [6, 6.07) is 27.1. The monoisotopic (exact) mass is 619 g/mol. The molecule has 0 saturated heterocycles. The minimum Gasteiger partial charge on any atom is -0.338 e. The number of fused-ring (bicyclic) bond motifs is 6. The maximum absolute atomic E-state index is 5.08. The predicted octanol–water partition coefficient (Wildman–Crippen LogP) is 7.46. The van der Waals surface area contributed by atoms with E-state index in [9.17, 15) is 0 Å². The van der Waals surface area contributed by atoms with Gasteiger partial charge in [-0.15, -0.1) is 29.7 Å². The zero-order chi connectivity index (χ0) is 22.7. The van der Waals surface area contributed by atoms with Crippen molar-refractivity contribution in [3.8, 4) is 16.9 Å². The third-order valence-electron chi connectivity index (χ3n) is 6.58. The van der Waals surface area contributed by atoms with Gasteiger partial charge in [0, 0.05) is 43.2 Å². The molecule has 0 aliphatic heterocycles. The van der Waals surface area contributed by atoms with Crippen molar-refractivity contribution in [2.45, 2.75) is 20.8 Å². The normalized spacial score (nSPS) is 11.3. The van der Waals surface area contributed by atoms with E-state index >= 15 is 0 Å². The van der Waals surface area contributed by atoms with Crippen molar-refractivity contribution < 1.29 is 20.1 Å². The van der Waals surface area contributed by atoms with Gasteiger partial charge in [0.15, 0.2) is 0 Å². The van der Waals surface area contributed by atoms with E-state index in [1.807, 2.05) is 12.1 Å². The summed E-state index contributed by atoms with van der Waals surface area (Å²) in [6.45, 7) is 10.3. The van der Waals surface area contributed by atoms with Crippen LogP contribution in [-0.4, -0.2) is 14.0 Å². The number of imidazole rings is 1. The molecular formula is C30H24IrN3-. The molecule has 34 heavy (non-hydrogen) atoms. The molecule has 0 saturated carbocycles. The Morgan fingerprint density at radius 1 is 0.882 bits per heavy atom. The molecule has 6 rings (SSSR count). The maximum Gasteiger partial charge on any atom is 0.145 e. The largest absolute Gasteiger partial charge is 0.338 e. The van der Waals surface area contributed by atoms with Gasteiger partial charge in [-0.2, -0.15) is 0 Å². The molecule has 0 atom stereocenters. The van der Waals surface area contributed by atoms with Crippen molar-refractivity contribution in [2.75, 3.05) is 0 Å². The van der Waals surface area contributed by atoms with Gasteiger partial charge in [0.1, 0.15) is 5.82 Å². The van der Waals surface area contributed by atoms with Crippen LogP contribution in [0.15, 0.2) is 79.5 Å². The summed E-state index contributed by atoms with van der Waals surface area (Å²) in [6.07, 6.45) is 4.03. The van der Waals surface area contributed by atoms with E-state index in [1.54, 1.807) is 0 Å². The first-order valence-corrected chi connectivity index (χ1v) is 11.2. The van der Waals surface area contributed by atoms with Crippen LogP contribution in [0.1, 0.15) is 22.5 Å². The smallest absolute Gasteiger partial charge is 0.145 e. The quantitative estimate of drug-likeness (QED) is 0.149. The first kappa shape index (κ1) is 22.3. The van der Waals surface area contributed by atoms with Crippen LogP contribution in [0.3, 0.4) is 0 Å². The molecule has 0 N–H and O–H groups in total. The van der Waals surface area contributed by atoms with Gasteiger partial charge >= 0.3 is 0 Å². The zero-order valence-electron chi connectivity index (χ0n) is 19.4. The molecule has 3 nitrogen and oxygen atoms in total. The second kappa shape index (κ2) is 8.39. The number of pyridine rings is 1. The van der Waals surface area contributed by atoms with Crippen LogP contribution in [0.5, 0.6) is 0 Å². The molecule has 3 aromatic heterocycles. The second-order valence-corrected chi connectivity index (χ2v) is 8.72. The minimum atomic E-state index is 0. The fraction of sp³-hybridized carbons (Fsp3) is 0.100. The molecule has 0 spiro atoms. The van der Waals surface area contributed by atoms with Gasteiger partial charge in [-0.05, 0) is 66.6 Å². The standard InChI is InChI=1S/C30H24N3.Ir/c1-5-22-12-14-23(15-13-22)24-16-19(2)29-27(17-24)25-8-6-7-9-26(25)30-31-28(18-32(29)30)33-20(3)10-11-21(33)4;/h5-8,10-18H,1H2,2-4H3;/q-1;. The molecule has 0 aliphatic carbocycles. The first-order chi connectivity index (χ1) is 16.0. The Labute approximate surface area is 212 Å². The number of aromatic nitrogens is 3. The fourth-order valence-electron chi connectivity index (χ4n) is 4.98. The fourth-order valence-corrected chi connectivity index (χ4v) is 4.98. The average molecular weight is 619 g/mol. The van der Waals surface area contributed by atoms with Gasteiger partial charge in [-0.25, -0.2) is 0 Å². The van der Waals surface area contributed by atoms with Crippen LogP contribution >= 0.6 is 0 Å². The number of aryl methyl sites for hydroxylation is 3. The van der Waals surface area contributed by atoms with Crippen molar-refractivity contribution in [3.05, 3.63) is 108 Å². The molecule has 0 aliphatic rings. The Morgan fingerprint density at radius 3 is 2.32 bits per heavy atom. The third kappa shape index (κ3) is 3.34. The van der Waals surface area contributed by atoms with E-state index in [-0.39, 0.29) is 20.1 Å². The topological polar surface area (TPSA) is 22.2 Å². The number of nitrogens with zero attached hydrogens (tertiary/aromatic N) is 3. The van der Waals surface area contributed by atoms with Gasteiger partial charge < -0.3 is 8.97 Å². The molecule has 6 aromatic rings. The van der Waals surface area contributed by atoms with Gasteiger partial charge in [0.2, 0.25) is 0 Å². The molecule has 3 heterocycles. The van der Waals surface area contributed by atoms with E-state index in [0.29, 0.717) is 0 Å². The molecule has 169 valence electrons. The molecular weight excluding hydrogens is 595 g/mol. The molecule has 3 aromatic carbocycles. The van der Waals surface area contributed by atoms with E-state index in [0.717, 1.165) is 22.4 Å². The van der Waals surface area contributed by atoms with E-state index in [4.69, 9.17) is 4.98 Å². The van der Waals surface area contributed by atoms with Crippen molar-refractivity contribution in [1.29, 1.82) is 0 Å². The summed E-state index contributed by atoms with van der Waals surface area (Å²) < 4.78 is 4.45. The maximum atomic E-state index is 5.08. The van der Waals surface area contributed by atoms with Crippen LogP contribution in [0.4, 0.5) is 0 Å². The second-order valence-electron chi connectivity index (χ2n) is 8.72. The summed E-state index contributed by atoms with van der Waals surface area (Å²) in [5, 5.41) is 3.42. The van der Waals surface area contributed by atoms with Crippen LogP contribution in [0.2, 0.25) is 0 Å². The summed E-state index contributed by atoms with van der Waals surface area (Å²) in [5.74, 6) is 0.935.